The number of halogens is 1. The zero-order valence-electron chi connectivity index (χ0n) is 16.9. The van der Waals surface area contributed by atoms with Gasteiger partial charge in [0.2, 0.25) is 5.91 Å². The Kier molecular flexibility index (Phi) is 7.62. The normalized spacial score (nSPS) is 15.0. The van der Waals surface area contributed by atoms with E-state index < -0.39 is 4.92 Å². The molecule has 160 valence electrons. The van der Waals surface area contributed by atoms with E-state index in [1.807, 2.05) is 12.1 Å². The van der Waals surface area contributed by atoms with E-state index in [4.69, 9.17) is 16.3 Å². The highest BCUT2D eigenvalue weighted by Gasteiger charge is 2.21. The lowest BCUT2D eigenvalue weighted by molar-refractivity contribution is -0.384. The quantitative estimate of drug-likeness (QED) is 0.471. The minimum atomic E-state index is -0.453. The number of anilines is 1. The van der Waals surface area contributed by atoms with Crippen molar-refractivity contribution in [1.29, 1.82) is 0 Å². The molecule has 0 bridgehead atoms. The summed E-state index contributed by atoms with van der Waals surface area (Å²) in [6.45, 7) is 5.11. The van der Waals surface area contributed by atoms with Crippen molar-refractivity contribution >= 4 is 28.9 Å². The van der Waals surface area contributed by atoms with Crippen LogP contribution < -0.4 is 9.64 Å². The number of non-ortho nitro benzene ring substituents is 1. The highest BCUT2D eigenvalue weighted by Crippen LogP contribution is 2.19. The lowest BCUT2D eigenvalue weighted by Crippen LogP contribution is -2.50. The fourth-order valence-corrected chi connectivity index (χ4v) is 3.36. The Balaban J connectivity index is 1.38. The maximum atomic E-state index is 12.6. The molecule has 2 aromatic rings. The monoisotopic (exact) mass is 432 g/mol. The van der Waals surface area contributed by atoms with E-state index in [0.717, 1.165) is 38.5 Å². The van der Waals surface area contributed by atoms with Gasteiger partial charge in [-0.2, -0.15) is 0 Å². The second-order valence-electron chi connectivity index (χ2n) is 7.15. The molecule has 1 amide bonds. The second kappa shape index (κ2) is 10.4. The van der Waals surface area contributed by atoms with Crippen LogP contribution in [0.15, 0.2) is 48.5 Å². The van der Waals surface area contributed by atoms with Crippen molar-refractivity contribution in [2.45, 2.75) is 0 Å². The predicted molar refractivity (Wildman–Crippen MR) is 116 cm³/mol. The van der Waals surface area contributed by atoms with Crippen LogP contribution in [-0.2, 0) is 4.79 Å². The van der Waals surface area contributed by atoms with Gasteiger partial charge in [0.1, 0.15) is 12.4 Å². The molecule has 1 heterocycles. The van der Waals surface area contributed by atoms with Crippen LogP contribution in [0.2, 0.25) is 5.02 Å². The minimum Gasteiger partial charge on any atom is -0.492 e. The van der Waals surface area contributed by atoms with Gasteiger partial charge in [0.15, 0.2) is 0 Å². The summed E-state index contributed by atoms with van der Waals surface area (Å²) in [5.74, 6) is 0.765. The van der Waals surface area contributed by atoms with Gasteiger partial charge in [-0.05, 0) is 36.4 Å². The maximum Gasteiger partial charge on any atom is 0.269 e. The molecular formula is C21H25ClN4O4. The van der Waals surface area contributed by atoms with Gasteiger partial charge in [-0.1, -0.05) is 11.6 Å². The number of nitro benzene ring substituents is 1. The number of rotatable bonds is 8. The Bertz CT molecular complexity index is 852. The van der Waals surface area contributed by atoms with E-state index >= 15 is 0 Å². The molecule has 1 aliphatic heterocycles. The highest BCUT2D eigenvalue weighted by molar-refractivity contribution is 6.30. The van der Waals surface area contributed by atoms with Gasteiger partial charge >= 0.3 is 0 Å². The van der Waals surface area contributed by atoms with Crippen LogP contribution >= 0.6 is 11.6 Å². The topological polar surface area (TPSA) is 79.2 Å². The van der Waals surface area contributed by atoms with E-state index in [1.165, 1.54) is 17.0 Å². The van der Waals surface area contributed by atoms with E-state index in [0.29, 0.717) is 23.9 Å². The summed E-state index contributed by atoms with van der Waals surface area (Å²) >= 11 is 5.87. The number of carbonyl (C=O) groups excluding carboxylic acids is 1. The number of amides is 1. The van der Waals surface area contributed by atoms with Crippen LogP contribution in [0.25, 0.3) is 0 Å². The molecule has 0 atom stereocenters. The van der Waals surface area contributed by atoms with Crippen molar-refractivity contribution in [2.24, 2.45) is 0 Å². The van der Waals surface area contributed by atoms with Crippen molar-refractivity contribution in [1.82, 2.24) is 9.80 Å². The average Bonchev–Trinajstić information content (AvgIpc) is 2.76. The van der Waals surface area contributed by atoms with Crippen LogP contribution in [0.3, 0.4) is 0 Å². The fraction of sp³-hybridized carbons (Fsp3) is 0.381. The van der Waals surface area contributed by atoms with E-state index in [-0.39, 0.29) is 11.6 Å². The summed E-state index contributed by atoms with van der Waals surface area (Å²) in [5, 5.41) is 11.4. The highest BCUT2D eigenvalue weighted by atomic mass is 35.5. The van der Waals surface area contributed by atoms with Gasteiger partial charge in [0.05, 0.1) is 11.5 Å². The Morgan fingerprint density at radius 1 is 1.07 bits per heavy atom. The summed E-state index contributed by atoms with van der Waals surface area (Å²) in [7, 11) is 1.69. The molecule has 0 spiro atoms. The molecule has 0 saturated carbocycles. The molecule has 0 aliphatic carbocycles. The Hall–Kier alpha value is -2.68. The maximum absolute atomic E-state index is 12.6. The molecule has 9 heteroatoms. The Morgan fingerprint density at radius 2 is 1.67 bits per heavy atom. The fourth-order valence-electron chi connectivity index (χ4n) is 3.23. The van der Waals surface area contributed by atoms with Crippen molar-refractivity contribution in [3.05, 3.63) is 63.7 Å². The van der Waals surface area contributed by atoms with Crippen LogP contribution in [-0.4, -0.2) is 73.6 Å². The van der Waals surface area contributed by atoms with Gasteiger partial charge in [0, 0.05) is 62.6 Å². The molecule has 3 rings (SSSR count). The van der Waals surface area contributed by atoms with Crippen molar-refractivity contribution in [3.8, 4) is 5.75 Å². The van der Waals surface area contributed by atoms with Gasteiger partial charge in [-0.25, -0.2) is 0 Å². The number of likely N-dealkylation sites (N-methyl/N-ethyl adjacent to an activating group) is 1. The minimum absolute atomic E-state index is 0.00997. The third-order valence-electron chi connectivity index (χ3n) is 5.14. The number of hydrogen-bond acceptors (Lipinski definition) is 6. The molecule has 0 radical (unpaired) electrons. The number of ether oxygens (including phenoxy) is 1. The van der Waals surface area contributed by atoms with E-state index in [2.05, 4.69) is 9.80 Å². The first kappa shape index (κ1) is 22.0. The largest absolute Gasteiger partial charge is 0.492 e. The predicted octanol–water partition coefficient (Wildman–Crippen LogP) is 2.91. The van der Waals surface area contributed by atoms with Gasteiger partial charge in [0.25, 0.3) is 5.69 Å². The number of hydrogen-bond donors (Lipinski definition) is 0. The molecular weight excluding hydrogens is 408 g/mol. The van der Waals surface area contributed by atoms with Crippen molar-refractivity contribution in [2.75, 3.05) is 57.8 Å². The van der Waals surface area contributed by atoms with E-state index in [9.17, 15) is 14.9 Å². The summed E-state index contributed by atoms with van der Waals surface area (Å²) < 4.78 is 5.74. The third-order valence-corrected chi connectivity index (χ3v) is 5.39. The second-order valence-corrected chi connectivity index (χ2v) is 7.58. The first-order valence-corrected chi connectivity index (χ1v) is 10.1. The molecule has 0 unspecified atom stereocenters. The van der Waals surface area contributed by atoms with Gasteiger partial charge in [-0.15, -0.1) is 0 Å². The smallest absolute Gasteiger partial charge is 0.269 e. The number of nitrogens with zero attached hydrogens (tertiary/aromatic N) is 4. The van der Waals surface area contributed by atoms with Gasteiger partial charge < -0.3 is 9.64 Å². The first-order chi connectivity index (χ1) is 14.4. The van der Waals surface area contributed by atoms with Crippen LogP contribution in [0.1, 0.15) is 0 Å². The summed E-state index contributed by atoms with van der Waals surface area (Å²) in [6.07, 6.45) is 0. The molecule has 0 N–H and O–H groups in total. The molecule has 1 saturated heterocycles. The van der Waals surface area contributed by atoms with Crippen LogP contribution in [0, 0.1) is 10.1 Å². The lowest BCUT2D eigenvalue weighted by Gasteiger charge is -2.34. The third kappa shape index (κ3) is 6.16. The van der Waals surface area contributed by atoms with Crippen LogP contribution in [0.5, 0.6) is 5.75 Å². The lowest BCUT2D eigenvalue weighted by atomic mass is 10.2. The molecule has 1 fully saturated rings. The zero-order valence-corrected chi connectivity index (χ0v) is 17.6. The zero-order chi connectivity index (χ0) is 21.5. The number of piperazine rings is 1. The number of benzene rings is 2. The Morgan fingerprint density at radius 3 is 2.27 bits per heavy atom. The standard InChI is InChI=1S/C21H25ClN4O4/c1-23(18-4-6-19(7-5-18)26(28)29)21(27)16-25-12-10-24(11-13-25)14-15-30-20-8-2-17(22)3-9-20/h2-9H,10-16H2,1H3. The SMILES string of the molecule is CN(C(=O)CN1CCN(CCOc2ccc(Cl)cc2)CC1)c1ccc([N+](=O)[O-])cc1. The number of nitro groups is 1. The van der Waals surface area contributed by atoms with Crippen molar-refractivity contribution in [3.63, 3.8) is 0 Å². The molecule has 30 heavy (non-hydrogen) atoms. The first-order valence-electron chi connectivity index (χ1n) is 9.76. The average molecular weight is 433 g/mol. The summed E-state index contributed by atoms with van der Waals surface area (Å²) in [4.78, 5) is 28.9. The Labute approximate surface area is 180 Å². The van der Waals surface area contributed by atoms with Crippen LogP contribution in [0.4, 0.5) is 11.4 Å². The van der Waals surface area contributed by atoms with E-state index in [1.54, 1.807) is 31.3 Å². The molecule has 8 nitrogen and oxygen atoms in total. The van der Waals surface area contributed by atoms with Gasteiger partial charge in [-0.3, -0.25) is 24.7 Å². The summed E-state index contributed by atoms with van der Waals surface area (Å²) in [6, 6.07) is 13.3. The van der Waals surface area contributed by atoms with Crippen molar-refractivity contribution < 1.29 is 14.5 Å². The summed E-state index contributed by atoms with van der Waals surface area (Å²) in [5.41, 5.74) is 0.652. The number of carbonyl (C=O) groups is 1. The molecule has 1 aliphatic rings. The molecule has 0 aromatic heterocycles. The molecule has 2 aromatic carbocycles.